The molecule has 0 bridgehead atoms. The minimum absolute atomic E-state index is 0.422. The molecule has 0 aliphatic carbocycles. The molecule has 1 heterocycles. The Bertz CT molecular complexity index is 499. The van der Waals surface area contributed by atoms with Crippen LogP contribution in [0.15, 0.2) is 24.3 Å². The summed E-state index contributed by atoms with van der Waals surface area (Å²) in [4.78, 5) is 4.45. The Labute approximate surface area is 112 Å². The van der Waals surface area contributed by atoms with Crippen LogP contribution in [-0.2, 0) is 11.8 Å². The van der Waals surface area contributed by atoms with E-state index in [9.17, 15) is 0 Å². The molecule has 0 atom stereocenters. The van der Waals surface area contributed by atoms with Crippen molar-refractivity contribution in [2.75, 3.05) is 0 Å². The third-order valence-corrected chi connectivity index (χ3v) is 3.42. The van der Waals surface area contributed by atoms with Crippen LogP contribution in [0.25, 0.3) is 10.9 Å². The topological polar surface area (TPSA) is 12.9 Å². The fraction of sp³-hybridized carbons (Fsp3) is 0.182. The molecule has 1 aromatic carbocycles. The minimum atomic E-state index is 0.422. The summed E-state index contributed by atoms with van der Waals surface area (Å²) in [6.07, 6.45) is 0. The average molecular weight is 352 g/mol. The summed E-state index contributed by atoms with van der Waals surface area (Å²) >= 11 is 14.0. The first-order valence-electron chi connectivity index (χ1n) is 4.44. The maximum absolute atomic E-state index is 5.91. The van der Waals surface area contributed by atoms with Crippen molar-refractivity contribution in [3.8, 4) is 0 Å². The van der Waals surface area contributed by atoms with Gasteiger partial charge < -0.3 is 0 Å². The van der Waals surface area contributed by atoms with Gasteiger partial charge in [0.2, 0.25) is 0 Å². The highest BCUT2D eigenvalue weighted by atomic mass is 127. The minimum Gasteiger partial charge on any atom is -0.252 e. The Hall–Kier alpha value is -0.0600. The zero-order valence-electron chi connectivity index (χ0n) is 7.80. The van der Waals surface area contributed by atoms with Gasteiger partial charge in [0.25, 0.3) is 0 Å². The summed E-state index contributed by atoms with van der Waals surface area (Å²) in [5.41, 5.74) is 2.93. The van der Waals surface area contributed by atoms with Crippen LogP contribution in [0.4, 0.5) is 0 Å². The van der Waals surface area contributed by atoms with Gasteiger partial charge in [-0.2, -0.15) is 0 Å². The molecule has 0 radical (unpaired) electrons. The Morgan fingerprint density at radius 2 is 1.93 bits per heavy atom. The van der Waals surface area contributed by atoms with Crippen molar-refractivity contribution in [3.63, 3.8) is 0 Å². The van der Waals surface area contributed by atoms with Crippen molar-refractivity contribution in [2.45, 2.75) is 11.8 Å². The Morgan fingerprint density at radius 3 is 2.60 bits per heavy atom. The van der Waals surface area contributed by atoms with E-state index in [1.54, 1.807) is 0 Å². The molecule has 0 aliphatic rings. The van der Waals surface area contributed by atoms with Gasteiger partial charge in [0.05, 0.1) is 17.1 Å². The van der Waals surface area contributed by atoms with Gasteiger partial charge in [0.1, 0.15) is 0 Å². The fourth-order valence-corrected chi connectivity index (χ4v) is 2.36. The van der Waals surface area contributed by atoms with E-state index < -0.39 is 0 Å². The van der Waals surface area contributed by atoms with Crippen LogP contribution in [0.3, 0.4) is 0 Å². The van der Waals surface area contributed by atoms with Crippen LogP contribution < -0.4 is 0 Å². The van der Waals surface area contributed by atoms with Crippen LogP contribution in [0.5, 0.6) is 0 Å². The standard InChI is InChI=1S/C11H8Cl2IN/c12-5-7-3-9(6-13)15-11-2-1-8(14)4-10(7)11/h1-4H,5-6H2. The number of alkyl halides is 2. The van der Waals surface area contributed by atoms with Gasteiger partial charge >= 0.3 is 0 Å². The quantitative estimate of drug-likeness (QED) is 0.580. The molecule has 2 rings (SSSR count). The number of fused-ring (bicyclic) bond motifs is 1. The number of aromatic nitrogens is 1. The molecule has 0 spiro atoms. The summed E-state index contributed by atoms with van der Waals surface area (Å²) in [7, 11) is 0. The Balaban J connectivity index is 2.75. The number of halogens is 3. The second-order valence-corrected chi connectivity index (χ2v) is 4.98. The smallest absolute Gasteiger partial charge is 0.0709 e. The van der Waals surface area contributed by atoms with E-state index in [2.05, 4.69) is 33.6 Å². The van der Waals surface area contributed by atoms with E-state index in [1.165, 1.54) is 3.57 Å². The van der Waals surface area contributed by atoms with Crippen molar-refractivity contribution >= 4 is 56.7 Å². The third-order valence-electron chi connectivity index (χ3n) is 2.19. The monoisotopic (exact) mass is 351 g/mol. The first kappa shape index (κ1) is 11.4. The normalized spacial score (nSPS) is 10.9. The highest BCUT2D eigenvalue weighted by molar-refractivity contribution is 14.1. The maximum Gasteiger partial charge on any atom is 0.0709 e. The molecule has 0 fully saturated rings. The highest BCUT2D eigenvalue weighted by Crippen LogP contribution is 2.23. The lowest BCUT2D eigenvalue weighted by atomic mass is 10.1. The zero-order chi connectivity index (χ0) is 10.8. The van der Waals surface area contributed by atoms with E-state index >= 15 is 0 Å². The molecule has 2 aromatic rings. The first-order chi connectivity index (χ1) is 7.24. The maximum atomic E-state index is 5.91. The number of hydrogen-bond acceptors (Lipinski definition) is 1. The van der Waals surface area contributed by atoms with Crippen molar-refractivity contribution in [3.05, 3.63) is 39.1 Å². The summed E-state index contributed by atoms with van der Waals surface area (Å²) < 4.78 is 1.19. The molecule has 78 valence electrons. The summed E-state index contributed by atoms with van der Waals surface area (Å²) in [5.74, 6) is 0.912. The van der Waals surface area contributed by atoms with E-state index in [4.69, 9.17) is 23.2 Å². The molecule has 15 heavy (non-hydrogen) atoms. The third kappa shape index (κ3) is 2.37. The predicted molar refractivity (Wildman–Crippen MR) is 73.6 cm³/mol. The fourth-order valence-electron chi connectivity index (χ4n) is 1.51. The van der Waals surface area contributed by atoms with Crippen molar-refractivity contribution in [1.82, 2.24) is 4.98 Å². The van der Waals surface area contributed by atoms with Crippen LogP contribution in [0, 0.1) is 3.57 Å². The first-order valence-corrected chi connectivity index (χ1v) is 6.59. The molecule has 1 nitrogen and oxygen atoms in total. The molecule has 4 heteroatoms. The molecular weight excluding hydrogens is 344 g/mol. The largest absolute Gasteiger partial charge is 0.252 e. The van der Waals surface area contributed by atoms with Crippen molar-refractivity contribution in [2.24, 2.45) is 0 Å². The van der Waals surface area contributed by atoms with Gasteiger partial charge in [-0.3, -0.25) is 4.98 Å². The lowest BCUT2D eigenvalue weighted by molar-refractivity contribution is 1.19. The van der Waals surface area contributed by atoms with Gasteiger partial charge in [-0.05, 0) is 52.4 Å². The van der Waals surface area contributed by atoms with Crippen molar-refractivity contribution in [1.29, 1.82) is 0 Å². The van der Waals surface area contributed by atoms with Gasteiger partial charge in [-0.15, -0.1) is 23.2 Å². The Kier molecular flexibility index (Phi) is 3.69. The van der Waals surface area contributed by atoms with E-state index in [0.717, 1.165) is 22.2 Å². The number of pyridine rings is 1. The van der Waals surface area contributed by atoms with Gasteiger partial charge in [-0.1, -0.05) is 0 Å². The van der Waals surface area contributed by atoms with Crippen LogP contribution in [0.2, 0.25) is 0 Å². The lowest BCUT2D eigenvalue weighted by Crippen LogP contribution is -1.92. The second-order valence-electron chi connectivity index (χ2n) is 3.20. The summed E-state index contributed by atoms with van der Waals surface area (Å²) in [6, 6.07) is 8.10. The number of benzene rings is 1. The second kappa shape index (κ2) is 4.85. The van der Waals surface area contributed by atoms with E-state index in [-0.39, 0.29) is 0 Å². The summed E-state index contributed by atoms with van der Waals surface area (Å²) in [6.45, 7) is 0. The zero-order valence-corrected chi connectivity index (χ0v) is 11.5. The molecule has 0 aliphatic heterocycles. The molecule has 0 saturated carbocycles. The summed E-state index contributed by atoms with van der Waals surface area (Å²) in [5, 5.41) is 1.12. The SMILES string of the molecule is ClCc1cc(CCl)c2cc(I)ccc2n1. The van der Waals surface area contributed by atoms with Crippen LogP contribution >= 0.6 is 45.8 Å². The molecule has 1 aromatic heterocycles. The average Bonchev–Trinajstić information content (AvgIpc) is 2.27. The van der Waals surface area contributed by atoms with Gasteiger partial charge in [0, 0.05) is 14.8 Å². The number of rotatable bonds is 2. The van der Waals surface area contributed by atoms with Crippen molar-refractivity contribution < 1.29 is 0 Å². The predicted octanol–water partition coefficient (Wildman–Crippen LogP) is 4.32. The molecule has 0 saturated heterocycles. The Morgan fingerprint density at radius 1 is 1.13 bits per heavy atom. The highest BCUT2D eigenvalue weighted by Gasteiger charge is 2.05. The number of nitrogens with zero attached hydrogens (tertiary/aromatic N) is 1. The van der Waals surface area contributed by atoms with E-state index in [1.807, 2.05) is 18.2 Å². The van der Waals surface area contributed by atoms with Gasteiger partial charge in [0.15, 0.2) is 0 Å². The lowest BCUT2D eigenvalue weighted by Gasteiger charge is -2.06. The molecule has 0 unspecified atom stereocenters. The van der Waals surface area contributed by atoms with Crippen LogP contribution in [-0.4, -0.2) is 4.98 Å². The van der Waals surface area contributed by atoms with Gasteiger partial charge in [-0.25, -0.2) is 0 Å². The molecule has 0 N–H and O–H groups in total. The molecule has 0 amide bonds. The van der Waals surface area contributed by atoms with E-state index in [0.29, 0.717) is 11.8 Å². The number of hydrogen-bond donors (Lipinski definition) is 0. The molecular formula is C11H8Cl2IN. The van der Waals surface area contributed by atoms with Crippen LogP contribution in [0.1, 0.15) is 11.3 Å².